The molecular weight excluding hydrogens is 372 g/mol. The molecule has 1 saturated heterocycles. The number of hydrogen-bond donors (Lipinski definition) is 2. The van der Waals surface area contributed by atoms with E-state index >= 15 is 0 Å². The number of ether oxygens (including phenoxy) is 1. The molecule has 5 heteroatoms. The minimum Gasteiger partial charge on any atom is -0.500 e. The molecule has 2 N–H and O–H groups in total. The molecule has 2 aliphatic carbocycles. The summed E-state index contributed by atoms with van der Waals surface area (Å²) >= 11 is 5.61. The Bertz CT molecular complexity index is 547. The van der Waals surface area contributed by atoms with Gasteiger partial charge in [0, 0.05) is 5.75 Å². The molecule has 1 atom stereocenters. The lowest BCUT2D eigenvalue weighted by molar-refractivity contribution is 0.279. The zero-order chi connectivity index (χ0) is 16.1. The van der Waals surface area contributed by atoms with Crippen molar-refractivity contribution in [1.82, 2.24) is 10.6 Å². The van der Waals surface area contributed by atoms with Crippen LogP contribution in [0, 0.1) is 0 Å². The van der Waals surface area contributed by atoms with E-state index in [0.717, 1.165) is 43.9 Å². The highest BCUT2D eigenvalue weighted by atomic mass is 79.9. The normalized spacial score (nSPS) is 26.1. The summed E-state index contributed by atoms with van der Waals surface area (Å²) in [5.74, 6) is 2.12. The Morgan fingerprint density at radius 2 is 2.00 bits per heavy atom. The van der Waals surface area contributed by atoms with Gasteiger partial charge in [-0.3, -0.25) is 10.6 Å². The number of rotatable bonds is 5. The van der Waals surface area contributed by atoms with Crippen molar-refractivity contribution in [1.29, 1.82) is 0 Å². The molecule has 0 aromatic carbocycles. The van der Waals surface area contributed by atoms with Crippen LogP contribution < -0.4 is 10.6 Å². The van der Waals surface area contributed by atoms with E-state index < -0.39 is 0 Å². The van der Waals surface area contributed by atoms with E-state index in [2.05, 4.69) is 50.9 Å². The van der Waals surface area contributed by atoms with Gasteiger partial charge in [0.1, 0.15) is 5.76 Å². The first-order chi connectivity index (χ1) is 11.3. The summed E-state index contributed by atoms with van der Waals surface area (Å²) in [6.45, 7) is 2.21. The van der Waals surface area contributed by atoms with E-state index in [1.54, 1.807) is 7.11 Å². The number of thioether (sulfide) groups is 1. The van der Waals surface area contributed by atoms with E-state index in [1.165, 1.54) is 22.0 Å². The Hall–Kier alpha value is -0.490. The molecule has 3 rings (SSSR count). The average molecular weight is 397 g/mol. The zero-order valence-corrected chi connectivity index (χ0v) is 16.0. The number of nitrogens with one attached hydrogen (secondary N) is 2. The maximum absolute atomic E-state index is 5.55. The molecule has 0 radical (unpaired) electrons. The number of allylic oxidation sites excluding steroid dienone is 5. The van der Waals surface area contributed by atoms with Crippen molar-refractivity contribution in [3.8, 4) is 0 Å². The highest BCUT2D eigenvalue weighted by Crippen LogP contribution is 2.35. The van der Waals surface area contributed by atoms with Gasteiger partial charge in [0.2, 0.25) is 0 Å². The van der Waals surface area contributed by atoms with Crippen LogP contribution in [0.25, 0.3) is 0 Å². The maximum atomic E-state index is 5.55. The van der Waals surface area contributed by atoms with Gasteiger partial charge in [0.25, 0.3) is 0 Å². The van der Waals surface area contributed by atoms with Crippen LogP contribution in [0.2, 0.25) is 0 Å². The maximum Gasteiger partial charge on any atom is 0.109 e. The molecular formula is C18H25BrN2OS. The van der Waals surface area contributed by atoms with Crippen LogP contribution in [0.4, 0.5) is 0 Å². The largest absolute Gasteiger partial charge is 0.500 e. The fraction of sp³-hybridized carbons (Fsp3) is 0.556. The molecule has 0 saturated carbocycles. The summed E-state index contributed by atoms with van der Waals surface area (Å²) in [6.07, 6.45) is 13.9. The van der Waals surface area contributed by atoms with Gasteiger partial charge in [-0.25, -0.2) is 0 Å². The van der Waals surface area contributed by atoms with Crippen molar-refractivity contribution in [2.24, 2.45) is 0 Å². The Labute approximate surface area is 151 Å². The van der Waals surface area contributed by atoms with Gasteiger partial charge in [-0.1, -0.05) is 28.1 Å². The van der Waals surface area contributed by atoms with E-state index in [4.69, 9.17) is 4.74 Å². The second-order valence-corrected chi connectivity index (χ2v) is 8.26. The molecule has 1 unspecified atom stereocenters. The highest BCUT2D eigenvalue weighted by Gasteiger charge is 2.24. The molecule has 1 heterocycles. The van der Waals surface area contributed by atoms with Crippen LogP contribution in [0.1, 0.15) is 25.7 Å². The molecule has 1 aliphatic heterocycles. The minimum atomic E-state index is 0.325. The topological polar surface area (TPSA) is 33.3 Å². The van der Waals surface area contributed by atoms with Crippen molar-refractivity contribution in [3.63, 3.8) is 0 Å². The molecule has 3 nitrogen and oxygen atoms in total. The third-order valence-electron chi connectivity index (χ3n) is 4.46. The Morgan fingerprint density at radius 1 is 1.22 bits per heavy atom. The first-order valence-electron chi connectivity index (χ1n) is 8.36. The van der Waals surface area contributed by atoms with Crippen molar-refractivity contribution in [2.75, 3.05) is 26.0 Å². The SMILES string of the molecule is COC1=CC=C(Br)CC1SCC1=CCCC=C1C1NCCCN1. The minimum absolute atomic E-state index is 0.325. The van der Waals surface area contributed by atoms with Crippen LogP contribution in [-0.2, 0) is 4.74 Å². The lowest BCUT2D eigenvalue weighted by Crippen LogP contribution is -2.50. The smallest absolute Gasteiger partial charge is 0.109 e. The van der Waals surface area contributed by atoms with Gasteiger partial charge >= 0.3 is 0 Å². The summed E-state index contributed by atoms with van der Waals surface area (Å²) in [5.41, 5.74) is 2.94. The third kappa shape index (κ3) is 4.53. The molecule has 0 bridgehead atoms. The molecule has 0 aromatic heterocycles. The van der Waals surface area contributed by atoms with Gasteiger partial charge in [-0.15, -0.1) is 11.8 Å². The number of halogens is 1. The van der Waals surface area contributed by atoms with Crippen LogP contribution in [0.15, 0.2) is 45.7 Å². The van der Waals surface area contributed by atoms with Gasteiger partial charge in [0.05, 0.1) is 18.5 Å². The average Bonchev–Trinajstić information content (AvgIpc) is 2.61. The van der Waals surface area contributed by atoms with E-state index in [1.807, 2.05) is 11.8 Å². The summed E-state index contributed by atoms with van der Waals surface area (Å²) in [5, 5.41) is 7.60. The molecule has 0 amide bonds. The van der Waals surface area contributed by atoms with E-state index in [-0.39, 0.29) is 0 Å². The monoisotopic (exact) mass is 396 g/mol. The van der Waals surface area contributed by atoms with Crippen molar-refractivity contribution >= 4 is 27.7 Å². The van der Waals surface area contributed by atoms with Gasteiger partial charge in [-0.2, -0.15) is 0 Å². The predicted molar refractivity (Wildman–Crippen MR) is 103 cm³/mol. The van der Waals surface area contributed by atoms with Crippen molar-refractivity contribution < 1.29 is 4.74 Å². The van der Waals surface area contributed by atoms with Crippen LogP contribution in [0.3, 0.4) is 0 Å². The van der Waals surface area contributed by atoms with Crippen molar-refractivity contribution in [2.45, 2.75) is 37.1 Å². The Kier molecular flexibility index (Phi) is 6.45. The molecule has 0 aromatic rings. The summed E-state index contributed by atoms with van der Waals surface area (Å²) in [6, 6.07) is 0. The Balaban J connectivity index is 1.62. The quantitative estimate of drug-likeness (QED) is 0.738. The molecule has 1 fully saturated rings. The molecule has 23 heavy (non-hydrogen) atoms. The predicted octanol–water partition coefficient (Wildman–Crippen LogP) is 3.86. The van der Waals surface area contributed by atoms with E-state index in [0.29, 0.717) is 11.4 Å². The first kappa shape index (κ1) is 17.3. The van der Waals surface area contributed by atoms with Gasteiger partial charge < -0.3 is 4.74 Å². The van der Waals surface area contributed by atoms with Crippen LogP contribution in [-0.4, -0.2) is 37.4 Å². The molecule has 0 spiro atoms. The summed E-state index contributed by atoms with van der Waals surface area (Å²) < 4.78 is 6.80. The summed E-state index contributed by atoms with van der Waals surface area (Å²) in [7, 11) is 1.77. The van der Waals surface area contributed by atoms with Gasteiger partial charge in [0.15, 0.2) is 0 Å². The lowest BCUT2D eigenvalue weighted by atomic mass is 9.96. The standard InChI is InChI=1S/C18H25BrN2OS/c1-22-16-8-7-14(19)11-17(16)23-12-13-5-2-3-6-15(13)18-20-9-4-10-21-18/h5-8,17-18,20-21H,2-4,9-12H2,1H3. The molecule has 126 valence electrons. The van der Waals surface area contributed by atoms with Gasteiger partial charge in [-0.05, 0) is 66.6 Å². The second kappa shape index (κ2) is 8.56. The number of methoxy groups -OCH3 is 1. The first-order valence-corrected chi connectivity index (χ1v) is 10.2. The highest BCUT2D eigenvalue weighted by molar-refractivity contribution is 9.11. The van der Waals surface area contributed by atoms with E-state index in [9.17, 15) is 0 Å². The third-order valence-corrected chi connectivity index (χ3v) is 6.32. The lowest BCUT2D eigenvalue weighted by Gasteiger charge is -2.31. The number of hydrogen-bond acceptors (Lipinski definition) is 4. The molecule has 3 aliphatic rings. The fourth-order valence-electron chi connectivity index (χ4n) is 3.22. The Morgan fingerprint density at radius 3 is 2.78 bits per heavy atom. The summed E-state index contributed by atoms with van der Waals surface area (Å²) in [4.78, 5) is 0. The second-order valence-electron chi connectivity index (χ2n) is 6.05. The van der Waals surface area contributed by atoms with Crippen molar-refractivity contribution in [3.05, 3.63) is 45.7 Å². The zero-order valence-electron chi connectivity index (χ0n) is 13.6. The fourth-order valence-corrected chi connectivity index (χ4v) is 5.19. The van der Waals surface area contributed by atoms with Crippen LogP contribution >= 0.6 is 27.7 Å². The van der Waals surface area contributed by atoms with Crippen LogP contribution in [0.5, 0.6) is 0 Å².